The Kier molecular flexibility index (Phi) is 2.14. The number of ether oxygens (including phenoxy) is 1. The lowest BCUT2D eigenvalue weighted by Gasteiger charge is -1.98. The monoisotopic (exact) mass is 155 g/mol. The molecule has 0 spiro atoms. The van der Waals surface area contributed by atoms with Gasteiger partial charge in [-0.25, -0.2) is 0 Å². The predicted octanol–water partition coefficient (Wildman–Crippen LogP) is 0.457. The molecule has 1 heterocycles. The van der Waals surface area contributed by atoms with Gasteiger partial charge in [0.1, 0.15) is 5.82 Å². The Morgan fingerprint density at radius 2 is 2.27 bits per heavy atom. The van der Waals surface area contributed by atoms with Crippen molar-refractivity contribution in [2.45, 2.75) is 13.5 Å². The van der Waals surface area contributed by atoms with E-state index in [9.17, 15) is 0 Å². The molecule has 0 fully saturated rings. The lowest BCUT2D eigenvalue weighted by atomic mass is 10.2. The summed E-state index contributed by atoms with van der Waals surface area (Å²) in [6, 6.07) is 0. The van der Waals surface area contributed by atoms with E-state index in [2.05, 4.69) is 5.10 Å². The van der Waals surface area contributed by atoms with Crippen LogP contribution < -0.4 is 5.73 Å². The third kappa shape index (κ3) is 1.35. The Labute approximate surface area is 66.0 Å². The van der Waals surface area contributed by atoms with Crippen molar-refractivity contribution in [3.8, 4) is 0 Å². The van der Waals surface area contributed by atoms with Crippen LogP contribution in [0.15, 0.2) is 0 Å². The highest BCUT2D eigenvalue weighted by atomic mass is 16.5. The summed E-state index contributed by atoms with van der Waals surface area (Å²) < 4.78 is 6.63. The van der Waals surface area contributed by atoms with Crippen LogP contribution in [0.25, 0.3) is 0 Å². The van der Waals surface area contributed by atoms with Crippen molar-refractivity contribution in [2.75, 3.05) is 12.8 Å². The average molecular weight is 155 g/mol. The fraction of sp³-hybridized carbons (Fsp3) is 0.571. The summed E-state index contributed by atoms with van der Waals surface area (Å²) in [6.45, 7) is 2.45. The minimum absolute atomic E-state index is 0.533. The molecule has 4 nitrogen and oxygen atoms in total. The number of rotatable bonds is 2. The zero-order valence-corrected chi connectivity index (χ0v) is 7.09. The summed E-state index contributed by atoms with van der Waals surface area (Å²) in [5, 5.41) is 4.14. The van der Waals surface area contributed by atoms with E-state index in [1.807, 2.05) is 14.0 Å². The molecule has 0 unspecified atom stereocenters. The summed E-state index contributed by atoms with van der Waals surface area (Å²) in [6.07, 6.45) is 0. The number of methoxy groups -OCH3 is 1. The summed E-state index contributed by atoms with van der Waals surface area (Å²) >= 11 is 0. The molecule has 0 atom stereocenters. The van der Waals surface area contributed by atoms with Gasteiger partial charge in [-0.05, 0) is 6.92 Å². The van der Waals surface area contributed by atoms with Gasteiger partial charge in [0.2, 0.25) is 0 Å². The van der Waals surface area contributed by atoms with Crippen LogP contribution in [0.1, 0.15) is 11.3 Å². The molecule has 2 N–H and O–H groups in total. The first-order valence-corrected chi connectivity index (χ1v) is 3.43. The Balaban J connectivity index is 3.02. The van der Waals surface area contributed by atoms with Crippen LogP contribution in [-0.4, -0.2) is 16.9 Å². The minimum Gasteiger partial charge on any atom is -0.384 e. The van der Waals surface area contributed by atoms with Crippen molar-refractivity contribution in [1.29, 1.82) is 0 Å². The maximum absolute atomic E-state index is 5.71. The molecule has 0 aromatic carbocycles. The van der Waals surface area contributed by atoms with E-state index >= 15 is 0 Å². The van der Waals surface area contributed by atoms with E-state index in [0.29, 0.717) is 12.4 Å². The van der Waals surface area contributed by atoms with Gasteiger partial charge in [-0.3, -0.25) is 4.68 Å². The number of anilines is 1. The Bertz CT molecular complexity index is 254. The summed E-state index contributed by atoms with van der Waals surface area (Å²) in [4.78, 5) is 0. The normalized spacial score (nSPS) is 10.5. The highest BCUT2D eigenvalue weighted by molar-refractivity contribution is 5.42. The summed E-state index contributed by atoms with van der Waals surface area (Å²) in [7, 11) is 3.47. The maximum Gasteiger partial charge on any atom is 0.127 e. The molecule has 0 amide bonds. The second kappa shape index (κ2) is 2.92. The van der Waals surface area contributed by atoms with Crippen LogP contribution in [0.5, 0.6) is 0 Å². The lowest BCUT2D eigenvalue weighted by molar-refractivity contribution is 0.185. The van der Waals surface area contributed by atoms with Gasteiger partial charge in [0.15, 0.2) is 0 Å². The molecule has 0 radical (unpaired) electrons. The van der Waals surface area contributed by atoms with Crippen LogP contribution in [-0.2, 0) is 18.4 Å². The Hall–Kier alpha value is -1.03. The van der Waals surface area contributed by atoms with Gasteiger partial charge < -0.3 is 10.5 Å². The second-order valence-electron chi connectivity index (χ2n) is 2.51. The molecule has 0 bridgehead atoms. The molecule has 0 aliphatic rings. The van der Waals surface area contributed by atoms with Gasteiger partial charge in [0.05, 0.1) is 12.3 Å². The predicted molar refractivity (Wildman–Crippen MR) is 43.1 cm³/mol. The molecule has 4 heteroatoms. The van der Waals surface area contributed by atoms with Gasteiger partial charge in [-0.2, -0.15) is 5.10 Å². The number of nitrogens with two attached hydrogens (primary N) is 1. The average Bonchev–Trinajstić information content (AvgIpc) is 2.17. The van der Waals surface area contributed by atoms with E-state index < -0.39 is 0 Å². The molecule has 0 aliphatic heterocycles. The molecule has 1 aromatic rings. The Morgan fingerprint density at radius 1 is 1.64 bits per heavy atom. The molecule has 0 aliphatic carbocycles. The number of aryl methyl sites for hydroxylation is 2. The highest BCUT2D eigenvalue weighted by Crippen LogP contribution is 2.15. The molecule has 1 rings (SSSR count). The van der Waals surface area contributed by atoms with Crippen molar-refractivity contribution < 1.29 is 4.74 Å². The van der Waals surface area contributed by atoms with E-state index in [4.69, 9.17) is 10.5 Å². The maximum atomic E-state index is 5.71. The van der Waals surface area contributed by atoms with Crippen molar-refractivity contribution in [3.63, 3.8) is 0 Å². The van der Waals surface area contributed by atoms with Gasteiger partial charge in [-0.1, -0.05) is 0 Å². The third-order valence-corrected chi connectivity index (χ3v) is 1.68. The van der Waals surface area contributed by atoms with Crippen LogP contribution in [0.4, 0.5) is 5.82 Å². The topological polar surface area (TPSA) is 53.1 Å². The zero-order valence-electron chi connectivity index (χ0n) is 7.09. The standard InChI is InChI=1S/C7H13N3O/c1-5-6(4-11-3)7(8)10(2)9-5/h4,8H2,1-3H3. The van der Waals surface area contributed by atoms with Crippen LogP contribution in [0, 0.1) is 6.92 Å². The zero-order chi connectivity index (χ0) is 8.43. The first-order chi connectivity index (χ1) is 5.16. The SMILES string of the molecule is COCc1c(C)nn(C)c1N. The number of hydrogen-bond donors (Lipinski definition) is 1. The molecule has 1 aromatic heterocycles. The van der Waals surface area contributed by atoms with Crippen molar-refractivity contribution >= 4 is 5.82 Å². The quantitative estimate of drug-likeness (QED) is 0.675. The molecule has 62 valence electrons. The molecular weight excluding hydrogens is 142 g/mol. The van der Waals surface area contributed by atoms with E-state index in [1.54, 1.807) is 11.8 Å². The number of nitrogen functional groups attached to an aromatic ring is 1. The summed E-state index contributed by atoms with van der Waals surface area (Å²) in [5.41, 5.74) is 7.63. The summed E-state index contributed by atoms with van der Waals surface area (Å²) in [5.74, 6) is 0.685. The number of nitrogens with zero attached hydrogens (tertiary/aromatic N) is 2. The first kappa shape index (κ1) is 8.07. The van der Waals surface area contributed by atoms with Gasteiger partial charge in [-0.15, -0.1) is 0 Å². The fourth-order valence-corrected chi connectivity index (χ4v) is 1.04. The van der Waals surface area contributed by atoms with Gasteiger partial charge in [0, 0.05) is 19.7 Å². The van der Waals surface area contributed by atoms with Crippen molar-refractivity contribution in [3.05, 3.63) is 11.3 Å². The van der Waals surface area contributed by atoms with E-state index in [1.165, 1.54) is 0 Å². The fourth-order valence-electron chi connectivity index (χ4n) is 1.04. The minimum atomic E-state index is 0.533. The molecule has 11 heavy (non-hydrogen) atoms. The van der Waals surface area contributed by atoms with Crippen molar-refractivity contribution in [2.24, 2.45) is 7.05 Å². The molecule has 0 saturated heterocycles. The van der Waals surface area contributed by atoms with Crippen LogP contribution >= 0.6 is 0 Å². The van der Waals surface area contributed by atoms with Crippen LogP contribution in [0.2, 0.25) is 0 Å². The van der Waals surface area contributed by atoms with E-state index in [-0.39, 0.29) is 0 Å². The molecule has 0 saturated carbocycles. The van der Waals surface area contributed by atoms with Gasteiger partial charge >= 0.3 is 0 Å². The van der Waals surface area contributed by atoms with Crippen molar-refractivity contribution in [1.82, 2.24) is 9.78 Å². The highest BCUT2D eigenvalue weighted by Gasteiger charge is 2.08. The number of hydrogen-bond acceptors (Lipinski definition) is 3. The first-order valence-electron chi connectivity index (χ1n) is 3.43. The second-order valence-corrected chi connectivity index (χ2v) is 2.51. The van der Waals surface area contributed by atoms with Gasteiger partial charge in [0.25, 0.3) is 0 Å². The Morgan fingerprint density at radius 3 is 2.64 bits per heavy atom. The van der Waals surface area contributed by atoms with Crippen LogP contribution in [0.3, 0.4) is 0 Å². The third-order valence-electron chi connectivity index (χ3n) is 1.68. The smallest absolute Gasteiger partial charge is 0.127 e. The number of aromatic nitrogens is 2. The lowest BCUT2D eigenvalue weighted by Crippen LogP contribution is -2.00. The largest absolute Gasteiger partial charge is 0.384 e. The van der Waals surface area contributed by atoms with E-state index in [0.717, 1.165) is 11.3 Å². The molecular formula is C7H13N3O.